The lowest BCUT2D eigenvalue weighted by Gasteiger charge is -2.31. The summed E-state index contributed by atoms with van der Waals surface area (Å²) in [6.07, 6.45) is -4.91. The number of hydrogen-bond acceptors (Lipinski definition) is 1. The van der Waals surface area contributed by atoms with E-state index in [0.29, 0.717) is 0 Å². The van der Waals surface area contributed by atoms with E-state index in [9.17, 15) is 18.3 Å². The van der Waals surface area contributed by atoms with Gasteiger partial charge in [0.05, 0.1) is 0 Å². The molecule has 0 amide bonds. The molecule has 0 aliphatic heterocycles. The second-order valence-corrected chi connectivity index (χ2v) is 5.10. The normalized spacial score (nSPS) is 12.5. The van der Waals surface area contributed by atoms with E-state index >= 15 is 0 Å². The molecule has 0 fully saturated rings. The van der Waals surface area contributed by atoms with Crippen molar-refractivity contribution >= 4 is 23.2 Å². The SMILES string of the molecule is OC(c1cccc(Cl)c1)(c1cccc(Cl)c1)C(F)(F)F. The monoisotopic (exact) mass is 320 g/mol. The van der Waals surface area contributed by atoms with E-state index in [1.807, 2.05) is 0 Å². The molecule has 1 N–H and O–H groups in total. The van der Waals surface area contributed by atoms with E-state index in [1.54, 1.807) is 0 Å². The molecule has 0 aliphatic rings. The summed E-state index contributed by atoms with van der Waals surface area (Å²) in [7, 11) is 0. The van der Waals surface area contributed by atoms with Gasteiger partial charge in [-0.15, -0.1) is 0 Å². The summed E-state index contributed by atoms with van der Waals surface area (Å²) in [6, 6.07) is 10.0. The summed E-state index contributed by atoms with van der Waals surface area (Å²) in [5, 5.41) is 10.5. The van der Waals surface area contributed by atoms with Crippen LogP contribution in [0.15, 0.2) is 48.5 Å². The second-order valence-electron chi connectivity index (χ2n) is 4.23. The predicted molar refractivity (Wildman–Crippen MR) is 72.0 cm³/mol. The Morgan fingerprint density at radius 3 is 1.50 bits per heavy atom. The minimum Gasteiger partial charge on any atom is -0.372 e. The lowest BCUT2D eigenvalue weighted by molar-refractivity contribution is -0.248. The highest BCUT2D eigenvalue weighted by Gasteiger charge is 2.56. The van der Waals surface area contributed by atoms with Crippen LogP contribution in [0.4, 0.5) is 13.2 Å². The predicted octanol–water partition coefficient (Wildman–Crippen LogP) is 4.79. The molecule has 2 aromatic rings. The maximum atomic E-state index is 13.4. The highest BCUT2D eigenvalue weighted by Crippen LogP contribution is 2.45. The first-order valence-corrected chi connectivity index (χ1v) is 6.32. The lowest BCUT2D eigenvalue weighted by atomic mass is 9.86. The summed E-state index contributed by atoms with van der Waals surface area (Å²) in [4.78, 5) is 0. The van der Waals surface area contributed by atoms with Crippen molar-refractivity contribution in [3.63, 3.8) is 0 Å². The highest BCUT2D eigenvalue weighted by atomic mass is 35.5. The summed E-state index contributed by atoms with van der Waals surface area (Å²) in [6.45, 7) is 0. The van der Waals surface area contributed by atoms with Gasteiger partial charge >= 0.3 is 6.18 Å². The van der Waals surface area contributed by atoms with Crippen LogP contribution in [0.25, 0.3) is 0 Å². The molecule has 0 saturated heterocycles. The molecule has 0 bridgehead atoms. The molecule has 20 heavy (non-hydrogen) atoms. The van der Waals surface area contributed by atoms with Crippen LogP contribution in [0, 0.1) is 0 Å². The highest BCUT2D eigenvalue weighted by molar-refractivity contribution is 6.31. The Balaban J connectivity index is 2.69. The lowest BCUT2D eigenvalue weighted by Crippen LogP contribution is -2.43. The molecule has 0 radical (unpaired) electrons. The third-order valence-electron chi connectivity index (χ3n) is 2.90. The van der Waals surface area contributed by atoms with Gasteiger partial charge in [0, 0.05) is 10.0 Å². The van der Waals surface area contributed by atoms with Crippen LogP contribution in [0.1, 0.15) is 11.1 Å². The van der Waals surface area contributed by atoms with Crippen LogP contribution >= 0.6 is 23.2 Å². The number of rotatable bonds is 2. The number of halogens is 5. The molecule has 2 aromatic carbocycles. The fourth-order valence-electron chi connectivity index (χ4n) is 1.92. The Morgan fingerprint density at radius 1 is 0.800 bits per heavy atom. The van der Waals surface area contributed by atoms with Gasteiger partial charge in [-0.05, 0) is 35.4 Å². The van der Waals surface area contributed by atoms with Gasteiger partial charge in [-0.1, -0.05) is 47.5 Å². The molecule has 0 heterocycles. The van der Waals surface area contributed by atoms with Crippen molar-refractivity contribution in [3.05, 3.63) is 69.7 Å². The van der Waals surface area contributed by atoms with Crippen LogP contribution in [0.3, 0.4) is 0 Å². The standard InChI is InChI=1S/C14H9Cl2F3O/c15-11-5-1-3-9(7-11)13(20,14(17,18)19)10-4-2-6-12(16)8-10/h1-8,20H. The van der Waals surface area contributed by atoms with Gasteiger partial charge in [0.15, 0.2) is 0 Å². The third kappa shape index (κ3) is 2.64. The molecule has 106 valence electrons. The third-order valence-corrected chi connectivity index (χ3v) is 3.37. The number of hydrogen-bond donors (Lipinski definition) is 1. The molecular formula is C14H9Cl2F3O. The smallest absolute Gasteiger partial charge is 0.372 e. The molecule has 0 atom stereocenters. The van der Waals surface area contributed by atoms with E-state index in [-0.39, 0.29) is 21.2 Å². The Bertz CT molecular complexity index is 580. The average molecular weight is 321 g/mol. The summed E-state index contributed by atoms with van der Waals surface area (Å²) in [5.74, 6) is 0. The van der Waals surface area contributed by atoms with Crippen molar-refractivity contribution in [2.45, 2.75) is 11.8 Å². The minimum atomic E-state index is -4.91. The van der Waals surface area contributed by atoms with Gasteiger partial charge in [-0.3, -0.25) is 0 Å². The minimum absolute atomic E-state index is 0.104. The first-order valence-electron chi connectivity index (χ1n) is 5.56. The molecule has 6 heteroatoms. The fourth-order valence-corrected chi connectivity index (χ4v) is 2.30. The average Bonchev–Trinajstić information content (AvgIpc) is 2.36. The largest absolute Gasteiger partial charge is 0.425 e. The van der Waals surface area contributed by atoms with Gasteiger partial charge in [-0.25, -0.2) is 0 Å². The zero-order valence-electron chi connectivity index (χ0n) is 9.96. The quantitative estimate of drug-likeness (QED) is 0.843. The maximum absolute atomic E-state index is 13.4. The van der Waals surface area contributed by atoms with Gasteiger partial charge in [0.1, 0.15) is 0 Å². The molecule has 0 spiro atoms. The van der Waals surface area contributed by atoms with Crippen LogP contribution in [-0.2, 0) is 5.60 Å². The zero-order valence-corrected chi connectivity index (χ0v) is 11.5. The molecular weight excluding hydrogens is 312 g/mol. The Morgan fingerprint density at radius 2 is 1.20 bits per heavy atom. The van der Waals surface area contributed by atoms with Crippen molar-refractivity contribution < 1.29 is 18.3 Å². The van der Waals surface area contributed by atoms with Crippen LogP contribution in [-0.4, -0.2) is 11.3 Å². The van der Waals surface area contributed by atoms with Gasteiger partial charge < -0.3 is 5.11 Å². The molecule has 2 rings (SSSR count). The summed E-state index contributed by atoms with van der Waals surface area (Å²) >= 11 is 11.4. The van der Waals surface area contributed by atoms with E-state index in [2.05, 4.69) is 0 Å². The Kier molecular flexibility index (Phi) is 4.00. The topological polar surface area (TPSA) is 20.2 Å². The van der Waals surface area contributed by atoms with Gasteiger partial charge in [0.2, 0.25) is 5.60 Å². The molecule has 0 saturated carbocycles. The molecule has 0 unspecified atom stereocenters. The van der Waals surface area contributed by atoms with Gasteiger partial charge in [0.25, 0.3) is 0 Å². The summed E-state index contributed by atoms with van der Waals surface area (Å²) in [5.41, 5.74) is -3.89. The van der Waals surface area contributed by atoms with Crippen molar-refractivity contribution in [3.8, 4) is 0 Å². The summed E-state index contributed by atoms with van der Waals surface area (Å²) < 4.78 is 40.2. The van der Waals surface area contributed by atoms with Crippen LogP contribution in [0.2, 0.25) is 10.0 Å². The second kappa shape index (κ2) is 5.28. The first-order chi connectivity index (χ1) is 9.25. The van der Waals surface area contributed by atoms with E-state index in [4.69, 9.17) is 23.2 Å². The van der Waals surface area contributed by atoms with Crippen molar-refractivity contribution in [1.29, 1.82) is 0 Å². The number of alkyl halides is 3. The van der Waals surface area contributed by atoms with Crippen molar-refractivity contribution in [2.75, 3.05) is 0 Å². The van der Waals surface area contributed by atoms with Crippen LogP contribution in [0.5, 0.6) is 0 Å². The maximum Gasteiger partial charge on any atom is 0.425 e. The number of aliphatic hydroxyl groups is 1. The van der Waals surface area contributed by atoms with Crippen molar-refractivity contribution in [1.82, 2.24) is 0 Å². The van der Waals surface area contributed by atoms with E-state index < -0.39 is 11.8 Å². The Labute approximate surface area is 123 Å². The molecule has 1 nitrogen and oxygen atoms in total. The van der Waals surface area contributed by atoms with Crippen LogP contribution < -0.4 is 0 Å². The number of benzene rings is 2. The molecule has 0 aliphatic carbocycles. The van der Waals surface area contributed by atoms with Crippen molar-refractivity contribution in [2.24, 2.45) is 0 Å². The first kappa shape index (κ1) is 15.2. The Hall–Kier alpha value is -1.23. The van der Waals surface area contributed by atoms with E-state index in [1.165, 1.54) is 36.4 Å². The molecule has 0 aromatic heterocycles. The van der Waals surface area contributed by atoms with Gasteiger partial charge in [-0.2, -0.15) is 13.2 Å². The fraction of sp³-hybridized carbons (Fsp3) is 0.143. The zero-order chi connectivity index (χ0) is 15.0. The van der Waals surface area contributed by atoms with E-state index in [0.717, 1.165) is 12.1 Å².